The molecule has 6 nitrogen and oxygen atoms in total. The molecule has 2 heterocycles. The van der Waals surface area contributed by atoms with Gasteiger partial charge in [0.15, 0.2) is 16.9 Å². The molecule has 0 amide bonds. The maximum atomic E-state index is 12.9. The number of hydrogen-bond acceptors (Lipinski definition) is 7. The Balaban J connectivity index is 1.78. The van der Waals surface area contributed by atoms with Gasteiger partial charge in [-0.1, -0.05) is 30.0 Å². The highest BCUT2D eigenvalue weighted by atomic mass is 32.2. The highest BCUT2D eigenvalue weighted by molar-refractivity contribution is 7.99. The van der Waals surface area contributed by atoms with Gasteiger partial charge in [0, 0.05) is 23.5 Å². The lowest BCUT2D eigenvalue weighted by atomic mass is 10.1. The van der Waals surface area contributed by atoms with Crippen LogP contribution in [0.25, 0.3) is 5.69 Å². The normalized spacial score (nSPS) is 12.0. The largest absolute Gasteiger partial charge is 0.465 e. The van der Waals surface area contributed by atoms with Gasteiger partial charge < -0.3 is 4.74 Å². The van der Waals surface area contributed by atoms with E-state index in [1.807, 2.05) is 54.3 Å². The molecule has 0 bridgehead atoms. The predicted molar refractivity (Wildman–Crippen MR) is 110 cm³/mol. The van der Waals surface area contributed by atoms with E-state index in [9.17, 15) is 9.59 Å². The van der Waals surface area contributed by atoms with Crippen LogP contribution < -0.4 is 0 Å². The summed E-state index contributed by atoms with van der Waals surface area (Å²) < 4.78 is 7.06. The van der Waals surface area contributed by atoms with Gasteiger partial charge in [0.25, 0.3) is 0 Å². The first-order valence-corrected chi connectivity index (χ1v) is 10.7. The van der Waals surface area contributed by atoms with Gasteiger partial charge in [-0.3, -0.25) is 14.2 Å². The van der Waals surface area contributed by atoms with Crippen molar-refractivity contribution in [3.05, 3.63) is 58.3 Å². The predicted octanol–water partition coefficient (Wildman–Crippen LogP) is 3.95. The number of carbonyl (C=O) groups is 2. The molecule has 0 spiro atoms. The van der Waals surface area contributed by atoms with Gasteiger partial charge in [-0.15, -0.1) is 11.3 Å². The number of aryl methyl sites for hydroxylation is 2. The molecule has 146 valence electrons. The zero-order chi connectivity index (χ0) is 20.1. The third-order valence-electron chi connectivity index (χ3n) is 4.05. The van der Waals surface area contributed by atoms with E-state index < -0.39 is 11.9 Å². The summed E-state index contributed by atoms with van der Waals surface area (Å²) >= 11 is 2.60. The minimum Gasteiger partial charge on any atom is -0.465 e. The van der Waals surface area contributed by atoms with Crippen LogP contribution in [0.4, 0.5) is 0 Å². The van der Waals surface area contributed by atoms with Gasteiger partial charge in [0.1, 0.15) is 5.01 Å². The maximum Gasteiger partial charge on any atom is 0.323 e. The molecule has 3 aromatic rings. The molecule has 28 heavy (non-hydrogen) atoms. The molecule has 8 heteroatoms. The molecule has 0 saturated carbocycles. The van der Waals surface area contributed by atoms with Crippen molar-refractivity contribution in [2.24, 2.45) is 0 Å². The lowest BCUT2D eigenvalue weighted by Crippen LogP contribution is -2.25. The number of imidazole rings is 1. The van der Waals surface area contributed by atoms with Crippen molar-refractivity contribution in [1.29, 1.82) is 0 Å². The third-order valence-corrected chi connectivity index (χ3v) is 6.07. The maximum absolute atomic E-state index is 12.9. The van der Waals surface area contributed by atoms with E-state index in [4.69, 9.17) is 4.74 Å². The lowest BCUT2D eigenvalue weighted by molar-refractivity contribution is -0.147. The van der Waals surface area contributed by atoms with Crippen LogP contribution in [0.1, 0.15) is 29.1 Å². The van der Waals surface area contributed by atoms with Crippen LogP contribution in [0.2, 0.25) is 0 Å². The summed E-state index contributed by atoms with van der Waals surface area (Å²) in [6, 6.07) is 7.97. The van der Waals surface area contributed by atoms with Crippen molar-refractivity contribution >= 4 is 34.9 Å². The molecule has 2 aromatic heterocycles. The Morgan fingerprint density at radius 3 is 2.75 bits per heavy atom. The van der Waals surface area contributed by atoms with Gasteiger partial charge in [0.2, 0.25) is 0 Å². The zero-order valence-electron chi connectivity index (χ0n) is 15.9. The number of carbonyl (C=O) groups excluding carboxylic acids is 2. The van der Waals surface area contributed by atoms with Crippen LogP contribution in [-0.4, -0.2) is 38.6 Å². The number of nitrogens with zero attached hydrogens (tertiary/aromatic N) is 3. The Morgan fingerprint density at radius 2 is 2.07 bits per heavy atom. The van der Waals surface area contributed by atoms with Gasteiger partial charge in [-0.25, -0.2) is 9.97 Å². The Labute approximate surface area is 172 Å². The molecule has 0 radical (unpaired) electrons. The van der Waals surface area contributed by atoms with Gasteiger partial charge >= 0.3 is 5.97 Å². The van der Waals surface area contributed by atoms with Crippen molar-refractivity contribution in [2.75, 3.05) is 12.4 Å². The third kappa shape index (κ3) is 4.51. The summed E-state index contributed by atoms with van der Waals surface area (Å²) in [4.78, 5) is 34.0. The second kappa shape index (κ2) is 9.16. The number of rotatable bonds is 8. The molecular formula is C20H21N3O3S2. The first kappa shape index (κ1) is 20.3. The summed E-state index contributed by atoms with van der Waals surface area (Å²) in [6.07, 6.45) is 3.56. The molecule has 0 aliphatic carbocycles. The minimum atomic E-state index is -0.993. The summed E-state index contributed by atoms with van der Waals surface area (Å²) in [5.41, 5.74) is 2.90. The topological polar surface area (TPSA) is 74.1 Å². The molecule has 3 rings (SSSR count). The van der Waals surface area contributed by atoms with Crippen LogP contribution >= 0.6 is 23.1 Å². The number of thioether (sulfide) groups is 1. The Morgan fingerprint density at radius 1 is 1.29 bits per heavy atom. The Hall–Kier alpha value is -2.45. The number of aromatic nitrogens is 3. The molecule has 1 atom stereocenters. The van der Waals surface area contributed by atoms with Crippen molar-refractivity contribution in [1.82, 2.24) is 14.5 Å². The summed E-state index contributed by atoms with van der Waals surface area (Å²) in [5.74, 6) is -1.68. The molecular weight excluding hydrogens is 394 g/mol. The lowest BCUT2D eigenvalue weighted by Gasteiger charge is -2.13. The van der Waals surface area contributed by atoms with Gasteiger partial charge in [-0.2, -0.15) is 0 Å². The fraction of sp³-hybridized carbons (Fsp3) is 0.300. The average Bonchev–Trinajstić information content (AvgIpc) is 3.30. The molecule has 0 N–H and O–H groups in total. The fourth-order valence-electron chi connectivity index (χ4n) is 2.73. The second-order valence-electron chi connectivity index (χ2n) is 6.13. The van der Waals surface area contributed by atoms with Crippen molar-refractivity contribution in [2.45, 2.75) is 31.8 Å². The van der Waals surface area contributed by atoms with Gasteiger partial charge in [0.05, 0.1) is 18.0 Å². The zero-order valence-corrected chi connectivity index (χ0v) is 17.5. The van der Waals surface area contributed by atoms with E-state index in [0.717, 1.165) is 16.9 Å². The van der Waals surface area contributed by atoms with E-state index in [0.29, 0.717) is 10.2 Å². The van der Waals surface area contributed by atoms with Crippen molar-refractivity contribution < 1.29 is 14.3 Å². The van der Waals surface area contributed by atoms with E-state index in [2.05, 4.69) is 9.97 Å². The number of thiazole rings is 1. The molecule has 0 unspecified atom stereocenters. The second-order valence-corrected chi connectivity index (χ2v) is 7.97. The highest BCUT2D eigenvalue weighted by Gasteiger charge is 2.32. The smallest absolute Gasteiger partial charge is 0.323 e. The summed E-state index contributed by atoms with van der Waals surface area (Å²) in [6.45, 7) is 5.80. The number of esters is 1. The quantitative estimate of drug-likeness (QED) is 0.315. The minimum absolute atomic E-state index is 0.102. The standard InChI is InChI=1S/C20H21N3O3S2/c1-4-26-19(25)17(18-22-14(3)11-27-18)16(24)12-28-20-21-9-10-23(20)15-8-6-5-7-13(15)2/h5-11,17H,4,12H2,1-3H3/t17-/m1/s1. The van der Waals surface area contributed by atoms with E-state index in [1.165, 1.54) is 23.1 Å². The summed E-state index contributed by atoms with van der Waals surface area (Å²) in [7, 11) is 0. The van der Waals surface area contributed by atoms with Gasteiger partial charge in [-0.05, 0) is 32.4 Å². The molecule has 1 aromatic carbocycles. The Kier molecular flexibility index (Phi) is 6.64. The first-order valence-electron chi connectivity index (χ1n) is 8.84. The highest BCUT2D eigenvalue weighted by Crippen LogP contribution is 2.27. The van der Waals surface area contributed by atoms with E-state index in [1.54, 1.807) is 13.1 Å². The molecule has 0 saturated heterocycles. The monoisotopic (exact) mass is 415 g/mol. The average molecular weight is 416 g/mol. The first-order chi connectivity index (χ1) is 13.5. The Bertz CT molecular complexity index is 980. The molecule has 0 fully saturated rings. The van der Waals surface area contributed by atoms with E-state index >= 15 is 0 Å². The van der Waals surface area contributed by atoms with Crippen LogP contribution in [0.5, 0.6) is 0 Å². The van der Waals surface area contributed by atoms with Crippen LogP contribution in [-0.2, 0) is 14.3 Å². The number of benzene rings is 1. The van der Waals surface area contributed by atoms with Crippen molar-refractivity contribution in [3.8, 4) is 5.69 Å². The van der Waals surface area contributed by atoms with Crippen LogP contribution in [0, 0.1) is 13.8 Å². The number of Topliss-reactive ketones (excluding diaryl/α,β-unsaturated/α-hetero) is 1. The van der Waals surface area contributed by atoms with Crippen LogP contribution in [0.3, 0.4) is 0 Å². The van der Waals surface area contributed by atoms with E-state index in [-0.39, 0.29) is 18.1 Å². The molecule has 0 aliphatic heterocycles. The number of ketones is 1. The van der Waals surface area contributed by atoms with Crippen molar-refractivity contribution in [3.63, 3.8) is 0 Å². The fourth-order valence-corrected chi connectivity index (χ4v) is 4.51. The number of ether oxygens (including phenoxy) is 1. The van der Waals surface area contributed by atoms with Crippen LogP contribution in [0.15, 0.2) is 47.2 Å². The molecule has 0 aliphatic rings. The number of hydrogen-bond donors (Lipinski definition) is 0. The SMILES string of the molecule is CCOC(=O)[C@H](C(=O)CSc1nccn1-c1ccccc1C)c1nc(C)cs1. The summed E-state index contributed by atoms with van der Waals surface area (Å²) in [5, 5.41) is 3.00. The number of para-hydroxylation sites is 1.